The fourth-order valence-corrected chi connectivity index (χ4v) is 4.67. The van der Waals surface area contributed by atoms with Crippen LogP contribution in [0.1, 0.15) is 57.5 Å². The number of nitrogens with zero attached hydrogens (tertiary/aromatic N) is 2. The fraction of sp³-hybridized carbons (Fsp3) is 0.556. The third kappa shape index (κ3) is 8.13. The molecule has 7 heteroatoms. The Bertz CT molecular complexity index is 986. The molecular weight excluding hydrogens is 442 g/mol. The molecule has 0 unspecified atom stereocenters. The Balaban J connectivity index is 1.94. The summed E-state index contributed by atoms with van der Waals surface area (Å²) in [5, 5.41) is 3.06. The lowest BCUT2D eigenvalue weighted by atomic mass is 9.99. The molecule has 186 valence electrons. The van der Waals surface area contributed by atoms with Crippen LogP contribution in [0.25, 0.3) is 11.3 Å². The number of amides is 1. The van der Waals surface area contributed by atoms with Gasteiger partial charge in [-0.25, -0.2) is 9.78 Å². The van der Waals surface area contributed by atoms with Crippen molar-refractivity contribution in [2.75, 3.05) is 6.61 Å². The molecule has 1 aliphatic heterocycles. The Hall–Kier alpha value is -2.38. The highest BCUT2D eigenvalue weighted by atomic mass is 28.3. The van der Waals surface area contributed by atoms with Gasteiger partial charge in [-0.3, -0.25) is 0 Å². The van der Waals surface area contributed by atoms with Gasteiger partial charge in [-0.15, -0.1) is 0 Å². The average molecular weight is 484 g/mol. The molecule has 1 amide bonds. The van der Waals surface area contributed by atoms with Crippen LogP contribution in [0, 0.1) is 0 Å². The molecule has 0 fully saturated rings. The maximum absolute atomic E-state index is 12.7. The highest BCUT2D eigenvalue weighted by molar-refractivity contribution is 6.76. The second-order valence-corrected chi connectivity index (χ2v) is 16.9. The van der Waals surface area contributed by atoms with Gasteiger partial charge in [0.1, 0.15) is 18.2 Å². The van der Waals surface area contributed by atoms with E-state index >= 15 is 0 Å². The fourth-order valence-electron chi connectivity index (χ4n) is 3.91. The van der Waals surface area contributed by atoms with E-state index in [2.05, 4.69) is 67.6 Å². The minimum atomic E-state index is -1.18. The number of aromatic nitrogens is 2. The highest BCUT2D eigenvalue weighted by Crippen LogP contribution is 2.28. The molecule has 2 heterocycles. The number of hydrogen-bond donors (Lipinski definition) is 1. The number of nitrogens with one attached hydrogen (secondary N) is 1. The standard InChI is InChI=1S/C27H41N3O3Si/c1-27(2,3)33-26(31)29-23-16-10-8-7-9-13-21-14-11-12-15-22(21)24-19-30(25(23)28-24)20-32-17-18-34(4,5)6/h8,10-12,14-15,19,23H,7,9,13,16-18,20H2,1-6H3,(H,29,31)/b10-8+/t23-/m0/s1. The van der Waals surface area contributed by atoms with Crippen LogP contribution in [-0.2, 0) is 22.6 Å². The molecule has 3 rings (SSSR count). The molecule has 0 spiro atoms. The van der Waals surface area contributed by atoms with Crippen LogP contribution in [0.4, 0.5) is 4.79 Å². The quantitative estimate of drug-likeness (QED) is 0.282. The molecule has 0 saturated carbocycles. The summed E-state index contributed by atoms with van der Waals surface area (Å²) in [6.07, 6.45) is 9.70. The minimum Gasteiger partial charge on any atom is -0.444 e. The smallest absolute Gasteiger partial charge is 0.408 e. The molecule has 1 aromatic carbocycles. The van der Waals surface area contributed by atoms with E-state index in [1.54, 1.807) is 0 Å². The summed E-state index contributed by atoms with van der Waals surface area (Å²) in [7, 11) is -1.18. The lowest BCUT2D eigenvalue weighted by Crippen LogP contribution is -2.36. The number of allylic oxidation sites excluding steroid dienone is 1. The first-order chi connectivity index (χ1) is 16.0. The van der Waals surface area contributed by atoms with Crippen LogP contribution >= 0.6 is 0 Å². The van der Waals surface area contributed by atoms with E-state index in [0.717, 1.165) is 49.0 Å². The summed E-state index contributed by atoms with van der Waals surface area (Å²) < 4.78 is 13.7. The number of alkyl carbamates (subject to hydrolysis) is 1. The minimum absolute atomic E-state index is 0.313. The lowest BCUT2D eigenvalue weighted by Gasteiger charge is -2.23. The van der Waals surface area contributed by atoms with Gasteiger partial charge in [-0.2, -0.15) is 0 Å². The summed E-state index contributed by atoms with van der Waals surface area (Å²) in [6.45, 7) is 13.8. The average Bonchev–Trinajstić information content (AvgIpc) is 3.14. The van der Waals surface area contributed by atoms with Gasteiger partial charge in [0.05, 0.1) is 11.7 Å². The molecule has 6 nitrogen and oxygen atoms in total. The van der Waals surface area contributed by atoms with Crippen molar-refractivity contribution in [2.24, 2.45) is 0 Å². The Labute approximate surface area is 205 Å². The SMILES string of the molecule is CC(C)(C)OC(=O)N[C@H]1C/C=C/CCCc2ccccc2-c2cn(COCC[Si](C)(C)C)c1n2. The molecule has 2 aromatic rings. The third-order valence-corrected chi connectivity index (χ3v) is 7.39. The van der Waals surface area contributed by atoms with E-state index in [1.807, 2.05) is 25.3 Å². The van der Waals surface area contributed by atoms with E-state index < -0.39 is 19.8 Å². The third-order valence-electron chi connectivity index (χ3n) is 5.69. The van der Waals surface area contributed by atoms with Crippen molar-refractivity contribution in [1.82, 2.24) is 14.9 Å². The predicted molar refractivity (Wildman–Crippen MR) is 141 cm³/mol. The molecule has 0 radical (unpaired) electrons. The van der Waals surface area contributed by atoms with Gasteiger partial charge in [-0.05, 0) is 58.1 Å². The number of fused-ring (bicyclic) bond motifs is 4. The van der Waals surface area contributed by atoms with E-state index in [-0.39, 0.29) is 6.04 Å². The van der Waals surface area contributed by atoms with Crippen molar-refractivity contribution in [3.8, 4) is 11.3 Å². The Kier molecular flexibility index (Phi) is 8.76. The van der Waals surface area contributed by atoms with E-state index in [0.29, 0.717) is 13.2 Å². The van der Waals surface area contributed by atoms with Crippen molar-refractivity contribution < 1.29 is 14.3 Å². The zero-order valence-electron chi connectivity index (χ0n) is 21.7. The topological polar surface area (TPSA) is 65.4 Å². The van der Waals surface area contributed by atoms with Gasteiger partial charge in [-0.1, -0.05) is 56.1 Å². The Morgan fingerprint density at radius 3 is 2.71 bits per heavy atom. The van der Waals surface area contributed by atoms with Gasteiger partial charge < -0.3 is 19.4 Å². The van der Waals surface area contributed by atoms with Crippen LogP contribution in [0.5, 0.6) is 0 Å². The van der Waals surface area contributed by atoms with E-state index in [9.17, 15) is 4.79 Å². The van der Waals surface area contributed by atoms with Gasteiger partial charge in [0.15, 0.2) is 0 Å². The van der Waals surface area contributed by atoms with Gasteiger partial charge in [0.2, 0.25) is 0 Å². The first kappa shape index (κ1) is 26.2. The number of rotatable bonds is 6. The summed E-state index contributed by atoms with van der Waals surface area (Å²) in [5.74, 6) is 0.786. The molecular formula is C27H41N3O3Si. The number of benzene rings is 1. The number of aryl methyl sites for hydroxylation is 1. The summed E-state index contributed by atoms with van der Waals surface area (Å²) in [5.41, 5.74) is 2.79. The van der Waals surface area contributed by atoms with Crippen LogP contribution < -0.4 is 5.32 Å². The Morgan fingerprint density at radius 1 is 1.21 bits per heavy atom. The monoisotopic (exact) mass is 483 g/mol. The molecule has 1 N–H and O–H groups in total. The highest BCUT2D eigenvalue weighted by Gasteiger charge is 2.25. The Morgan fingerprint density at radius 2 is 1.97 bits per heavy atom. The zero-order valence-corrected chi connectivity index (χ0v) is 22.7. The van der Waals surface area contributed by atoms with Crippen molar-refractivity contribution in [2.45, 2.75) is 90.5 Å². The summed E-state index contributed by atoms with van der Waals surface area (Å²) in [4.78, 5) is 17.7. The van der Waals surface area contributed by atoms with Crippen LogP contribution in [0.3, 0.4) is 0 Å². The van der Waals surface area contributed by atoms with Gasteiger partial charge >= 0.3 is 6.09 Å². The molecule has 1 aliphatic rings. The zero-order chi connectivity index (χ0) is 24.8. The number of carbonyl (C=O) groups excluding carboxylic acids is 1. The molecule has 1 aromatic heterocycles. The first-order valence-electron chi connectivity index (χ1n) is 12.4. The van der Waals surface area contributed by atoms with Crippen LogP contribution in [0.15, 0.2) is 42.6 Å². The number of carbonyl (C=O) groups is 1. The second kappa shape index (κ2) is 11.4. The maximum Gasteiger partial charge on any atom is 0.408 e. The summed E-state index contributed by atoms with van der Waals surface area (Å²) in [6, 6.07) is 9.26. The predicted octanol–water partition coefficient (Wildman–Crippen LogP) is 6.71. The van der Waals surface area contributed by atoms with Crippen LogP contribution in [0.2, 0.25) is 25.7 Å². The number of ether oxygens (including phenoxy) is 2. The largest absolute Gasteiger partial charge is 0.444 e. The van der Waals surface area contributed by atoms with Gasteiger partial charge in [0, 0.05) is 26.4 Å². The molecule has 0 saturated heterocycles. The first-order valence-corrected chi connectivity index (χ1v) is 16.1. The summed E-state index contributed by atoms with van der Waals surface area (Å²) >= 11 is 0. The van der Waals surface area contributed by atoms with Crippen molar-refractivity contribution in [1.29, 1.82) is 0 Å². The van der Waals surface area contributed by atoms with Crippen LogP contribution in [-0.4, -0.2) is 35.9 Å². The second-order valence-electron chi connectivity index (χ2n) is 11.3. The molecule has 2 bridgehead atoms. The van der Waals surface area contributed by atoms with Crippen molar-refractivity contribution in [3.63, 3.8) is 0 Å². The molecule has 1 atom stereocenters. The number of imidazole rings is 1. The maximum atomic E-state index is 12.7. The molecule has 34 heavy (non-hydrogen) atoms. The normalized spacial score (nSPS) is 17.8. The van der Waals surface area contributed by atoms with Crippen molar-refractivity contribution in [3.05, 3.63) is 54.0 Å². The van der Waals surface area contributed by atoms with E-state index in [1.165, 1.54) is 5.56 Å². The van der Waals surface area contributed by atoms with Crippen molar-refractivity contribution >= 4 is 14.2 Å². The molecule has 0 aliphatic carbocycles. The van der Waals surface area contributed by atoms with Gasteiger partial charge in [0.25, 0.3) is 0 Å². The van der Waals surface area contributed by atoms with E-state index in [4.69, 9.17) is 14.5 Å². The lowest BCUT2D eigenvalue weighted by molar-refractivity contribution is 0.0492. The number of hydrogen-bond acceptors (Lipinski definition) is 4.